The summed E-state index contributed by atoms with van der Waals surface area (Å²) in [5, 5.41) is 25.3. The number of carbonyl (C=O) groups is 2. The van der Waals surface area contributed by atoms with Crippen LogP contribution >= 0.6 is 0 Å². The highest BCUT2D eigenvalue weighted by Crippen LogP contribution is 2.39. The number of hydrogen-bond donors (Lipinski definition) is 2. The van der Waals surface area contributed by atoms with E-state index in [1.54, 1.807) is 4.90 Å². The Kier molecular flexibility index (Phi) is 4.64. The van der Waals surface area contributed by atoms with Crippen molar-refractivity contribution in [2.24, 2.45) is 0 Å². The number of nitrogen functional groups attached to an aromatic ring is 1. The molecule has 0 atom stereocenters. The Labute approximate surface area is 173 Å². The van der Waals surface area contributed by atoms with Gasteiger partial charge in [0.05, 0.1) is 27.0 Å². The van der Waals surface area contributed by atoms with Gasteiger partial charge in [-0.15, -0.1) is 0 Å². The molecule has 0 spiro atoms. The minimum absolute atomic E-state index is 0.109. The number of nitro benzene ring substituents is 2. The molecule has 0 bridgehead atoms. The monoisotopic (exact) mass is 428 g/mol. The third-order valence-electron chi connectivity index (χ3n) is 5.36. The van der Waals surface area contributed by atoms with E-state index in [4.69, 9.17) is 5.73 Å². The smallest absolute Gasteiger partial charge is 0.300 e. The topological polar surface area (TPSA) is 184 Å². The Morgan fingerprint density at radius 2 is 1.48 bits per heavy atom. The zero-order valence-electron chi connectivity index (χ0n) is 16.0. The molecule has 2 aromatic rings. The van der Waals surface area contributed by atoms with Crippen molar-refractivity contribution in [3.63, 3.8) is 0 Å². The zero-order valence-corrected chi connectivity index (χ0v) is 16.0. The van der Waals surface area contributed by atoms with Crippen molar-refractivity contribution in [2.75, 3.05) is 23.7 Å². The lowest BCUT2D eigenvalue weighted by molar-refractivity contribution is -0.393. The van der Waals surface area contributed by atoms with Crippen LogP contribution in [0.25, 0.3) is 5.69 Å². The SMILES string of the molecule is Nc1c2c(cc(=O)n1-c1cc(N3CCCCC3)c([N+](=O)[O-])cc1[N+](=O)[O-])C(=O)NC2=O. The largest absolute Gasteiger partial charge is 0.384 e. The van der Waals surface area contributed by atoms with Crippen LogP contribution in [-0.2, 0) is 0 Å². The minimum Gasteiger partial charge on any atom is -0.384 e. The number of amides is 2. The average molecular weight is 428 g/mol. The van der Waals surface area contributed by atoms with E-state index in [9.17, 15) is 34.6 Å². The summed E-state index contributed by atoms with van der Waals surface area (Å²) in [7, 11) is 0. The first kappa shape index (κ1) is 20.0. The second kappa shape index (κ2) is 7.19. The summed E-state index contributed by atoms with van der Waals surface area (Å²) < 4.78 is 0.728. The van der Waals surface area contributed by atoms with Crippen LogP contribution in [-0.4, -0.2) is 39.3 Å². The second-order valence-electron chi connectivity index (χ2n) is 7.17. The van der Waals surface area contributed by atoms with Gasteiger partial charge in [0.1, 0.15) is 17.2 Å². The molecule has 0 aliphatic carbocycles. The highest BCUT2D eigenvalue weighted by atomic mass is 16.6. The molecule has 31 heavy (non-hydrogen) atoms. The molecule has 0 radical (unpaired) electrons. The standard InChI is InChI=1S/C18H16N6O7/c19-16-15-9(17(26)20-18(15)27)6-14(25)22(16)11-7-10(21-4-2-1-3-5-21)12(23(28)29)8-13(11)24(30)31/h6-8H,1-5,19H2,(H,20,26,27). The third-order valence-corrected chi connectivity index (χ3v) is 5.36. The third kappa shape index (κ3) is 3.15. The van der Waals surface area contributed by atoms with Crippen molar-refractivity contribution in [1.29, 1.82) is 0 Å². The molecule has 3 heterocycles. The van der Waals surface area contributed by atoms with Gasteiger partial charge in [-0.2, -0.15) is 0 Å². The molecule has 2 aliphatic rings. The number of imide groups is 1. The summed E-state index contributed by atoms with van der Waals surface area (Å²) in [5.74, 6) is -2.11. The van der Waals surface area contributed by atoms with Crippen LogP contribution in [0.4, 0.5) is 22.9 Å². The summed E-state index contributed by atoms with van der Waals surface area (Å²) in [6.07, 6.45) is 2.52. The summed E-state index contributed by atoms with van der Waals surface area (Å²) in [4.78, 5) is 60.2. The average Bonchev–Trinajstić information content (AvgIpc) is 3.01. The molecule has 13 nitrogen and oxygen atoms in total. The molecule has 1 aromatic carbocycles. The Balaban J connectivity index is 2.03. The fourth-order valence-electron chi connectivity index (χ4n) is 3.94. The zero-order chi connectivity index (χ0) is 22.4. The van der Waals surface area contributed by atoms with Crippen molar-refractivity contribution in [1.82, 2.24) is 9.88 Å². The van der Waals surface area contributed by atoms with Gasteiger partial charge < -0.3 is 10.6 Å². The van der Waals surface area contributed by atoms with Gasteiger partial charge >= 0.3 is 0 Å². The molecule has 0 unspecified atom stereocenters. The van der Waals surface area contributed by atoms with Crippen LogP contribution < -0.4 is 21.5 Å². The van der Waals surface area contributed by atoms with Crippen molar-refractivity contribution >= 4 is 34.7 Å². The molecule has 160 valence electrons. The summed E-state index contributed by atoms with van der Waals surface area (Å²) >= 11 is 0. The summed E-state index contributed by atoms with van der Waals surface area (Å²) in [5.41, 5.74) is 3.18. The lowest BCUT2D eigenvalue weighted by Gasteiger charge is -2.28. The van der Waals surface area contributed by atoms with Gasteiger partial charge in [0.2, 0.25) is 0 Å². The van der Waals surface area contributed by atoms with Crippen molar-refractivity contribution < 1.29 is 19.4 Å². The lowest BCUT2D eigenvalue weighted by atomic mass is 10.1. The first-order chi connectivity index (χ1) is 14.7. The molecule has 1 fully saturated rings. The molecule has 2 aliphatic heterocycles. The predicted molar refractivity (Wildman–Crippen MR) is 108 cm³/mol. The number of anilines is 2. The number of nitrogens with zero attached hydrogens (tertiary/aromatic N) is 4. The van der Waals surface area contributed by atoms with Gasteiger partial charge in [0.25, 0.3) is 28.7 Å². The molecule has 1 saturated heterocycles. The van der Waals surface area contributed by atoms with Gasteiger partial charge in [0.15, 0.2) is 0 Å². The molecular weight excluding hydrogens is 412 g/mol. The van der Waals surface area contributed by atoms with E-state index < -0.39 is 44.4 Å². The normalized spacial score (nSPS) is 15.5. The number of carbonyl (C=O) groups excluding carboxylic acids is 2. The van der Waals surface area contributed by atoms with Crippen LogP contribution in [0.5, 0.6) is 0 Å². The molecule has 1 aromatic heterocycles. The van der Waals surface area contributed by atoms with E-state index in [0.29, 0.717) is 13.1 Å². The predicted octanol–water partition coefficient (Wildman–Crippen LogP) is 1.11. The number of aromatic nitrogens is 1. The van der Waals surface area contributed by atoms with Crippen LogP contribution in [0.3, 0.4) is 0 Å². The quantitative estimate of drug-likeness (QED) is 0.409. The maximum atomic E-state index is 12.8. The molecule has 13 heteroatoms. The van der Waals surface area contributed by atoms with Crippen molar-refractivity contribution in [3.8, 4) is 5.69 Å². The minimum atomic E-state index is -0.886. The molecule has 4 rings (SSSR count). The van der Waals surface area contributed by atoms with Gasteiger partial charge in [-0.1, -0.05) is 0 Å². The number of piperidine rings is 1. The number of hydrogen-bond acceptors (Lipinski definition) is 9. The summed E-state index contributed by atoms with van der Waals surface area (Å²) in [6.45, 7) is 1.01. The lowest BCUT2D eigenvalue weighted by Crippen LogP contribution is -2.30. The Bertz CT molecular complexity index is 1230. The fourth-order valence-corrected chi connectivity index (χ4v) is 3.94. The van der Waals surface area contributed by atoms with Gasteiger partial charge in [0, 0.05) is 19.2 Å². The van der Waals surface area contributed by atoms with Crippen LogP contribution in [0, 0.1) is 20.2 Å². The Hall–Kier alpha value is -4.29. The van der Waals surface area contributed by atoms with Crippen LogP contribution in [0.15, 0.2) is 23.0 Å². The molecule has 3 N–H and O–H groups in total. The van der Waals surface area contributed by atoms with Gasteiger partial charge in [-0.05, 0) is 25.3 Å². The molecule has 2 amide bonds. The number of fused-ring (bicyclic) bond motifs is 1. The Morgan fingerprint density at radius 3 is 2.10 bits per heavy atom. The number of rotatable bonds is 4. The number of nitro groups is 2. The molecular formula is C18H16N6O7. The fraction of sp³-hybridized carbons (Fsp3) is 0.278. The van der Waals surface area contributed by atoms with Gasteiger partial charge in [-0.25, -0.2) is 0 Å². The van der Waals surface area contributed by atoms with E-state index in [-0.39, 0.29) is 22.5 Å². The van der Waals surface area contributed by atoms with E-state index in [1.807, 2.05) is 5.32 Å². The Morgan fingerprint density at radius 1 is 0.871 bits per heavy atom. The maximum Gasteiger partial charge on any atom is 0.300 e. The first-order valence-electron chi connectivity index (χ1n) is 9.34. The number of pyridine rings is 1. The van der Waals surface area contributed by atoms with E-state index in [2.05, 4.69) is 0 Å². The first-order valence-corrected chi connectivity index (χ1v) is 9.34. The highest BCUT2D eigenvalue weighted by molar-refractivity contribution is 6.23. The van der Waals surface area contributed by atoms with Crippen LogP contribution in [0.2, 0.25) is 0 Å². The number of nitrogens with one attached hydrogen (secondary N) is 1. The van der Waals surface area contributed by atoms with E-state index in [1.165, 1.54) is 6.07 Å². The van der Waals surface area contributed by atoms with E-state index in [0.717, 1.165) is 36.0 Å². The number of nitrogens with two attached hydrogens (primary N) is 1. The highest BCUT2D eigenvalue weighted by Gasteiger charge is 2.35. The molecule has 0 saturated carbocycles. The maximum absolute atomic E-state index is 12.8. The summed E-state index contributed by atoms with van der Waals surface area (Å²) in [6, 6.07) is 2.81. The second-order valence-corrected chi connectivity index (χ2v) is 7.17. The van der Waals surface area contributed by atoms with Crippen LogP contribution in [0.1, 0.15) is 40.0 Å². The van der Waals surface area contributed by atoms with Gasteiger partial charge in [-0.3, -0.25) is 44.5 Å². The number of benzene rings is 1. The van der Waals surface area contributed by atoms with Crippen molar-refractivity contribution in [2.45, 2.75) is 19.3 Å². The van der Waals surface area contributed by atoms with Crippen molar-refractivity contribution in [3.05, 3.63) is 59.9 Å². The van der Waals surface area contributed by atoms with E-state index >= 15 is 0 Å².